The molecule has 1 spiro atoms. The number of hydrogen-bond donors (Lipinski definition) is 2. The topological polar surface area (TPSA) is 110 Å². The average Bonchev–Trinajstić information content (AvgIpc) is 2.72. The van der Waals surface area contributed by atoms with Crippen LogP contribution in [0.1, 0.15) is 39.2 Å². The molecule has 1 aliphatic carbocycles. The minimum Gasteiger partial charge on any atom is -0.480 e. The Balaban J connectivity index is 0.000000427. The summed E-state index contributed by atoms with van der Waals surface area (Å²) >= 11 is 0. The Morgan fingerprint density at radius 2 is 1.72 bits per heavy atom. The summed E-state index contributed by atoms with van der Waals surface area (Å²) in [5.41, 5.74) is 5.81. The highest BCUT2D eigenvalue weighted by atomic mass is 16.5. The third kappa shape index (κ3) is 4.54. The minimum absolute atomic E-state index is 0.0819. The molecular weight excluding hydrogens is 408 g/mol. The van der Waals surface area contributed by atoms with Gasteiger partial charge in [-0.25, -0.2) is 0 Å². The number of carboxylic acids is 1. The van der Waals surface area contributed by atoms with Crippen molar-refractivity contribution in [2.24, 2.45) is 16.6 Å². The number of ketones is 2. The van der Waals surface area contributed by atoms with Gasteiger partial charge >= 0.3 is 5.97 Å². The number of hydrogen-bond acceptors (Lipinski definition) is 6. The Bertz CT molecular complexity index is 1020. The molecular formula is C25H32N2O5. The highest BCUT2D eigenvalue weighted by molar-refractivity contribution is 6.11. The van der Waals surface area contributed by atoms with Crippen LogP contribution in [0, 0.1) is 10.8 Å². The number of benzene rings is 2. The maximum Gasteiger partial charge on any atom is 0.320 e. The van der Waals surface area contributed by atoms with Gasteiger partial charge in [0.15, 0.2) is 0 Å². The highest BCUT2D eigenvalue weighted by Gasteiger charge is 2.54. The third-order valence-electron chi connectivity index (χ3n) is 6.32. The van der Waals surface area contributed by atoms with Crippen LogP contribution in [0.2, 0.25) is 0 Å². The zero-order valence-electron chi connectivity index (χ0n) is 19.2. The summed E-state index contributed by atoms with van der Waals surface area (Å²) in [4.78, 5) is 38.0. The summed E-state index contributed by atoms with van der Waals surface area (Å²) in [6, 6.07) is 11.6. The number of Topliss-reactive ketones (excluding diaryl/α,β-unsaturated/α-hetero) is 2. The molecule has 0 bridgehead atoms. The monoisotopic (exact) mass is 440 g/mol. The fourth-order valence-electron chi connectivity index (χ4n) is 4.65. The standard InChI is InChI=1S/C22H25NO3.C3H7NO2/c1-21(2)11-19(24)22(20(25)12-21)10-17-16-7-5-4-6-15(16)8-9-18(17)23(13-22)14-26-3;1-2(4)3(5)6/h4-9H,10-14H2,1-3H3;2H,4H2,1H3,(H,5,6)/t;2-/m.0/s1. The van der Waals surface area contributed by atoms with Gasteiger partial charge in [0.1, 0.15) is 29.8 Å². The molecule has 7 nitrogen and oxygen atoms in total. The second-order valence-electron chi connectivity index (χ2n) is 9.65. The van der Waals surface area contributed by atoms with Gasteiger partial charge in [-0.3, -0.25) is 14.4 Å². The van der Waals surface area contributed by atoms with Gasteiger partial charge in [-0.2, -0.15) is 0 Å². The normalized spacial score (nSPS) is 19.8. The SMILES string of the molecule is COCN1CC2(Cc3c1ccc1ccccc31)C(=O)CC(C)(C)CC2=O.C[C@H](N)C(=O)O. The summed E-state index contributed by atoms with van der Waals surface area (Å²) in [5, 5.41) is 10.1. The van der Waals surface area contributed by atoms with Gasteiger partial charge in [-0.15, -0.1) is 0 Å². The van der Waals surface area contributed by atoms with E-state index in [0.717, 1.165) is 22.0 Å². The molecule has 1 heterocycles. The molecule has 2 aliphatic rings. The summed E-state index contributed by atoms with van der Waals surface area (Å²) < 4.78 is 5.40. The second kappa shape index (κ2) is 9.00. The number of carbonyl (C=O) groups is 3. The number of nitrogens with two attached hydrogens (primary N) is 1. The van der Waals surface area contributed by atoms with Gasteiger partial charge in [-0.1, -0.05) is 44.2 Å². The van der Waals surface area contributed by atoms with Crippen LogP contribution in [-0.2, 0) is 25.5 Å². The van der Waals surface area contributed by atoms with Crippen LogP contribution in [0.4, 0.5) is 5.69 Å². The van der Waals surface area contributed by atoms with Crippen molar-refractivity contribution in [2.75, 3.05) is 25.3 Å². The molecule has 2 aromatic carbocycles. The van der Waals surface area contributed by atoms with Crippen molar-refractivity contribution in [3.05, 3.63) is 42.0 Å². The van der Waals surface area contributed by atoms with Gasteiger partial charge in [0, 0.05) is 32.2 Å². The zero-order valence-corrected chi connectivity index (χ0v) is 19.2. The third-order valence-corrected chi connectivity index (χ3v) is 6.32. The molecule has 0 unspecified atom stereocenters. The maximum absolute atomic E-state index is 13.2. The van der Waals surface area contributed by atoms with E-state index >= 15 is 0 Å². The quantitative estimate of drug-likeness (QED) is 0.706. The van der Waals surface area contributed by atoms with E-state index in [1.807, 2.05) is 26.0 Å². The maximum atomic E-state index is 13.2. The van der Waals surface area contributed by atoms with Crippen LogP contribution in [0.5, 0.6) is 0 Å². The molecule has 32 heavy (non-hydrogen) atoms. The molecule has 0 radical (unpaired) electrons. The van der Waals surface area contributed by atoms with E-state index in [0.29, 0.717) is 32.5 Å². The number of nitrogens with zero attached hydrogens (tertiary/aromatic N) is 1. The van der Waals surface area contributed by atoms with Crippen LogP contribution in [0.3, 0.4) is 0 Å². The van der Waals surface area contributed by atoms with Crippen LogP contribution in [-0.4, -0.2) is 49.1 Å². The Morgan fingerprint density at radius 1 is 1.12 bits per heavy atom. The van der Waals surface area contributed by atoms with Gasteiger partial charge in [-0.05, 0) is 41.2 Å². The molecule has 4 rings (SSSR count). The van der Waals surface area contributed by atoms with Gasteiger partial charge < -0.3 is 20.5 Å². The highest BCUT2D eigenvalue weighted by Crippen LogP contribution is 2.48. The number of rotatable bonds is 3. The van der Waals surface area contributed by atoms with Crippen LogP contribution in [0.25, 0.3) is 10.8 Å². The predicted octanol–water partition coefficient (Wildman–Crippen LogP) is 3.17. The number of carboxylic acid groups (broad SMARTS) is 1. The lowest BCUT2D eigenvalue weighted by Gasteiger charge is -2.47. The molecule has 7 heteroatoms. The Morgan fingerprint density at radius 3 is 2.28 bits per heavy atom. The molecule has 1 fully saturated rings. The second-order valence-corrected chi connectivity index (χ2v) is 9.65. The van der Waals surface area contributed by atoms with Crippen LogP contribution < -0.4 is 10.6 Å². The number of carbonyl (C=O) groups excluding carboxylic acids is 2. The molecule has 1 aliphatic heterocycles. The summed E-state index contributed by atoms with van der Waals surface area (Å²) in [6.07, 6.45) is 1.41. The molecule has 0 amide bonds. The Kier molecular flexibility index (Phi) is 6.72. The van der Waals surface area contributed by atoms with E-state index in [2.05, 4.69) is 29.2 Å². The van der Waals surface area contributed by atoms with Crippen LogP contribution in [0.15, 0.2) is 36.4 Å². The van der Waals surface area contributed by atoms with E-state index in [1.165, 1.54) is 6.92 Å². The van der Waals surface area contributed by atoms with E-state index < -0.39 is 17.4 Å². The first-order valence-electron chi connectivity index (χ1n) is 10.8. The fourth-order valence-corrected chi connectivity index (χ4v) is 4.65. The van der Waals surface area contributed by atoms with Crippen molar-refractivity contribution in [2.45, 2.75) is 46.1 Å². The number of aliphatic carboxylic acids is 1. The van der Waals surface area contributed by atoms with Crippen molar-refractivity contribution in [1.29, 1.82) is 0 Å². The Hall–Kier alpha value is -2.77. The van der Waals surface area contributed by atoms with Gasteiger partial charge in [0.05, 0.1) is 0 Å². The fraction of sp³-hybridized carbons (Fsp3) is 0.480. The lowest BCUT2D eigenvalue weighted by molar-refractivity contribution is -0.148. The number of methoxy groups -OCH3 is 1. The molecule has 0 saturated heterocycles. The largest absolute Gasteiger partial charge is 0.480 e. The molecule has 1 saturated carbocycles. The number of ether oxygens (including phenoxy) is 1. The number of anilines is 1. The lowest BCUT2D eigenvalue weighted by Crippen LogP contribution is -2.57. The van der Waals surface area contributed by atoms with E-state index in [1.54, 1.807) is 7.11 Å². The van der Waals surface area contributed by atoms with E-state index in [-0.39, 0.29) is 17.0 Å². The smallest absolute Gasteiger partial charge is 0.320 e. The average molecular weight is 441 g/mol. The van der Waals surface area contributed by atoms with Crippen molar-refractivity contribution < 1.29 is 24.2 Å². The summed E-state index contributed by atoms with van der Waals surface area (Å²) in [5.74, 6) is -0.799. The van der Waals surface area contributed by atoms with Gasteiger partial charge in [0.2, 0.25) is 0 Å². The molecule has 2 aromatic rings. The van der Waals surface area contributed by atoms with Crippen molar-refractivity contribution in [1.82, 2.24) is 0 Å². The predicted molar refractivity (Wildman–Crippen MR) is 124 cm³/mol. The van der Waals surface area contributed by atoms with E-state index in [4.69, 9.17) is 15.6 Å². The van der Waals surface area contributed by atoms with Gasteiger partial charge in [0.25, 0.3) is 0 Å². The first-order valence-corrected chi connectivity index (χ1v) is 10.8. The minimum atomic E-state index is -0.963. The molecule has 3 N–H and O–H groups in total. The Labute approximate surface area is 188 Å². The zero-order chi connectivity index (χ0) is 23.7. The van der Waals surface area contributed by atoms with E-state index in [9.17, 15) is 14.4 Å². The summed E-state index contributed by atoms with van der Waals surface area (Å²) in [6.45, 7) is 6.23. The lowest BCUT2D eigenvalue weighted by atomic mass is 9.60. The van der Waals surface area contributed by atoms with Crippen molar-refractivity contribution in [3.8, 4) is 0 Å². The first-order chi connectivity index (χ1) is 15.0. The summed E-state index contributed by atoms with van der Waals surface area (Å²) in [7, 11) is 1.65. The first kappa shape index (κ1) is 23.9. The van der Waals surface area contributed by atoms with Crippen molar-refractivity contribution >= 4 is 34.0 Å². The molecule has 172 valence electrons. The molecule has 1 atom stereocenters. The number of fused-ring (bicyclic) bond motifs is 3. The van der Waals surface area contributed by atoms with Crippen molar-refractivity contribution in [3.63, 3.8) is 0 Å². The van der Waals surface area contributed by atoms with Crippen LogP contribution >= 0.6 is 0 Å². The molecule has 0 aromatic heterocycles.